The molecule has 5 nitrogen and oxygen atoms in total. The summed E-state index contributed by atoms with van der Waals surface area (Å²) in [6.07, 6.45) is 0. The highest BCUT2D eigenvalue weighted by Crippen LogP contribution is 2.36. The van der Waals surface area contributed by atoms with E-state index in [0.717, 1.165) is 5.56 Å². The number of anilines is 2. The fourth-order valence-electron chi connectivity index (χ4n) is 3.58. The molecule has 0 aromatic heterocycles. The normalized spacial score (nSPS) is 13.7. The van der Waals surface area contributed by atoms with Gasteiger partial charge in [0.1, 0.15) is 11.4 Å². The van der Waals surface area contributed by atoms with Crippen molar-refractivity contribution < 1.29 is 14.3 Å². The second-order valence-corrected chi connectivity index (χ2v) is 7.51. The van der Waals surface area contributed by atoms with E-state index >= 15 is 0 Å². The number of rotatable bonds is 6. The monoisotopic (exact) mass is 432 g/mol. The van der Waals surface area contributed by atoms with Gasteiger partial charge in [0.25, 0.3) is 11.8 Å². The maximum absolute atomic E-state index is 13.5. The van der Waals surface area contributed by atoms with Gasteiger partial charge in [-0.3, -0.25) is 9.59 Å². The second kappa shape index (κ2) is 8.66. The molecule has 0 radical (unpaired) electrons. The van der Waals surface area contributed by atoms with Crippen molar-refractivity contribution in [2.45, 2.75) is 13.8 Å². The van der Waals surface area contributed by atoms with E-state index in [2.05, 4.69) is 5.32 Å². The van der Waals surface area contributed by atoms with Crippen molar-refractivity contribution in [3.8, 4) is 5.75 Å². The summed E-state index contributed by atoms with van der Waals surface area (Å²) in [7, 11) is 0. The van der Waals surface area contributed by atoms with Gasteiger partial charge in [-0.05, 0) is 55.3 Å². The predicted molar refractivity (Wildman–Crippen MR) is 123 cm³/mol. The van der Waals surface area contributed by atoms with Crippen molar-refractivity contribution >= 4 is 40.4 Å². The number of aryl methyl sites for hydroxylation is 1. The van der Waals surface area contributed by atoms with Crippen LogP contribution >= 0.6 is 11.6 Å². The van der Waals surface area contributed by atoms with Crippen LogP contribution in [-0.4, -0.2) is 18.4 Å². The van der Waals surface area contributed by atoms with E-state index in [1.807, 2.05) is 62.4 Å². The topological polar surface area (TPSA) is 58.6 Å². The maximum Gasteiger partial charge on any atom is 0.282 e. The van der Waals surface area contributed by atoms with Gasteiger partial charge in [-0.2, -0.15) is 0 Å². The van der Waals surface area contributed by atoms with E-state index in [1.165, 1.54) is 4.90 Å². The Kier molecular flexibility index (Phi) is 5.78. The van der Waals surface area contributed by atoms with Crippen LogP contribution in [-0.2, 0) is 9.59 Å². The first kappa shape index (κ1) is 20.7. The molecule has 2 amide bonds. The summed E-state index contributed by atoms with van der Waals surface area (Å²) in [5.41, 5.74) is 3.11. The van der Waals surface area contributed by atoms with Gasteiger partial charge in [0.2, 0.25) is 0 Å². The Morgan fingerprint density at radius 1 is 0.935 bits per heavy atom. The lowest BCUT2D eigenvalue weighted by atomic mass is 10.0. The highest BCUT2D eigenvalue weighted by Gasteiger charge is 2.40. The minimum atomic E-state index is -0.420. The van der Waals surface area contributed by atoms with Crippen LogP contribution in [0.3, 0.4) is 0 Å². The number of carbonyl (C=O) groups excluding carboxylic acids is 2. The molecule has 31 heavy (non-hydrogen) atoms. The zero-order valence-electron chi connectivity index (χ0n) is 17.2. The molecule has 1 N–H and O–H groups in total. The quantitative estimate of drug-likeness (QED) is 0.526. The molecule has 0 bridgehead atoms. The van der Waals surface area contributed by atoms with E-state index in [-0.39, 0.29) is 11.6 Å². The van der Waals surface area contributed by atoms with Crippen molar-refractivity contribution in [1.29, 1.82) is 0 Å². The summed E-state index contributed by atoms with van der Waals surface area (Å²) in [6.45, 7) is 4.25. The number of nitrogens with one attached hydrogen (secondary N) is 1. The highest BCUT2D eigenvalue weighted by atomic mass is 35.5. The lowest BCUT2D eigenvalue weighted by Crippen LogP contribution is -2.33. The third-order valence-corrected chi connectivity index (χ3v) is 5.20. The van der Waals surface area contributed by atoms with Crippen molar-refractivity contribution in [2.75, 3.05) is 16.8 Å². The van der Waals surface area contributed by atoms with Crippen LogP contribution in [0.5, 0.6) is 5.75 Å². The molecule has 0 saturated heterocycles. The first-order chi connectivity index (χ1) is 15.0. The molecule has 0 unspecified atom stereocenters. The molecule has 3 aromatic rings. The van der Waals surface area contributed by atoms with E-state index < -0.39 is 5.91 Å². The molecule has 1 aliphatic rings. The number of carbonyl (C=O) groups is 2. The average Bonchev–Trinajstić information content (AvgIpc) is 2.99. The second-order valence-electron chi connectivity index (χ2n) is 7.08. The molecule has 0 fully saturated rings. The van der Waals surface area contributed by atoms with Gasteiger partial charge < -0.3 is 10.1 Å². The molecule has 0 saturated carbocycles. The van der Waals surface area contributed by atoms with E-state index in [9.17, 15) is 9.59 Å². The Hall–Kier alpha value is -3.57. The number of hydrogen-bond donors (Lipinski definition) is 1. The number of imide groups is 1. The molecule has 1 heterocycles. The number of amides is 2. The molecule has 0 spiro atoms. The van der Waals surface area contributed by atoms with Crippen LogP contribution in [0.15, 0.2) is 78.5 Å². The molecule has 6 heteroatoms. The molecule has 0 aliphatic carbocycles. The Morgan fingerprint density at radius 3 is 2.42 bits per heavy atom. The molecule has 156 valence electrons. The molecule has 1 aliphatic heterocycles. The minimum absolute atomic E-state index is 0.221. The minimum Gasteiger partial charge on any atom is -0.494 e. The summed E-state index contributed by atoms with van der Waals surface area (Å²) < 4.78 is 5.56. The van der Waals surface area contributed by atoms with Crippen LogP contribution in [0.1, 0.15) is 18.1 Å². The lowest BCUT2D eigenvalue weighted by molar-refractivity contribution is -0.120. The van der Waals surface area contributed by atoms with Crippen LogP contribution in [0.25, 0.3) is 5.57 Å². The van der Waals surface area contributed by atoms with Crippen molar-refractivity contribution in [3.63, 3.8) is 0 Å². The smallest absolute Gasteiger partial charge is 0.282 e. The van der Waals surface area contributed by atoms with E-state index in [1.54, 1.807) is 24.3 Å². The van der Waals surface area contributed by atoms with Gasteiger partial charge in [-0.15, -0.1) is 0 Å². The highest BCUT2D eigenvalue weighted by molar-refractivity contribution is 6.46. The summed E-state index contributed by atoms with van der Waals surface area (Å²) in [4.78, 5) is 28.1. The molecular weight excluding hydrogens is 412 g/mol. The third kappa shape index (κ3) is 4.05. The van der Waals surface area contributed by atoms with Gasteiger partial charge in [0.15, 0.2) is 0 Å². The molecular formula is C25H21ClN2O3. The van der Waals surface area contributed by atoms with Crippen LogP contribution in [0.4, 0.5) is 11.4 Å². The first-order valence-corrected chi connectivity index (χ1v) is 10.3. The van der Waals surface area contributed by atoms with E-state index in [4.69, 9.17) is 16.3 Å². The fraction of sp³-hybridized carbons (Fsp3) is 0.120. The number of hydrogen-bond acceptors (Lipinski definition) is 4. The number of halogens is 1. The van der Waals surface area contributed by atoms with Crippen LogP contribution in [0.2, 0.25) is 5.02 Å². The summed E-state index contributed by atoms with van der Waals surface area (Å²) in [6, 6.07) is 21.6. The Bertz CT molecular complexity index is 1190. The number of nitrogens with zero attached hydrogens (tertiary/aromatic N) is 1. The van der Waals surface area contributed by atoms with Crippen molar-refractivity contribution in [2.24, 2.45) is 0 Å². The molecule has 0 atom stereocenters. The SMILES string of the molecule is CCOc1cccc(NC2=C(c3ccccc3)C(=O)N(c3ccc(Cl)cc3C)C2=O)c1. The van der Waals surface area contributed by atoms with Gasteiger partial charge in [-0.25, -0.2) is 4.90 Å². The molecule has 3 aromatic carbocycles. The van der Waals surface area contributed by atoms with Crippen molar-refractivity contribution in [3.05, 3.63) is 94.6 Å². The zero-order valence-corrected chi connectivity index (χ0v) is 17.9. The van der Waals surface area contributed by atoms with Gasteiger partial charge in [0, 0.05) is 16.8 Å². The fourth-order valence-corrected chi connectivity index (χ4v) is 3.81. The Morgan fingerprint density at radius 2 is 1.71 bits per heavy atom. The maximum atomic E-state index is 13.5. The lowest BCUT2D eigenvalue weighted by Gasteiger charge is -2.18. The van der Waals surface area contributed by atoms with Gasteiger partial charge >= 0.3 is 0 Å². The Balaban J connectivity index is 1.80. The molecule has 4 rings (SSSR count). The van der Waals surface area contributed by atoms with Gasteiger partial charge in [0.05, 0.1) is 17.9 Å². The summed E-state index contributed by atoms with van der Waals surface area (Å²) >= 11 is 6.07. The summed E-state index contributed by atoms with van der Waals surface area (Å²) in [5.74, 6) is -0.127. The third-order valence-electron chi connectivity index (χ3n) is 4.96. The van der Waals surface area contributed by atoms with E-state index in [0.29, 0.717) is 39.9 Å². The average molecular weight is 433 g/mol. The first-order valence-electron chi connectivity index (χ1n) is 9.94. The largest absolute Gasteiger partial charge is 0.494 e. The number of benzene rings is 3. The van der Waals surface area contributed by atoms with Crippen LogP contribution in [0, 0.1) is 6.92 Å². The zero-order chi connectivity index (χ0) is 22.0. The van der Waals surface area contributed by atoms with Crippen LogP contribution < -0.4 is 15.0 Å². The standard InChI is InChI=1S/C25H21ClN2O3/c1-3-31-20-11-7-10-19(15-20)27-23-22(17-8-5-4-6-9-17)24(29)28(25(23)30)21-13-12-18(26)14-16(21)2/h4-15,27H,3H2,1-2H3. The predicted octanol–water partition coefficient (Wildman–Crippen LogP) is 5.44. The number of ether oxygens (including phenoxy) is 1. The van der Waals surface area contributed by atoms with Gasteiger partial charge in [-0.1, -0.05) is 48.0 Å². The summed E-state index contributed by atoms with van der Waals surface area (Å²) in [5, 5.41) is 3.70. The Labute approximate surface area is 185 Å². The van der Waals surface area contributed by atoms with Crippen molar-refractivity contribution in [1.82, 2.24) is 0 Å².